The van der Waals surface area contributed by atoms with Gasteiger partial charge in [-0.25, -0.2) is 0 Å². The number of amides is 1. The molecule has 1 aliphatic rings. The first kappa shape index (κ1) is 14.1. The first-order valence-corrected chi connectivity index (χ1v) is 7.38. The molecule has 0 heterocycles. The smallest absolute Gasteiger partial charge is 0.220 e. The standard InChI is InChI=1S/C16H24N2O/c17-12-6-2-1-3-9-16(19)18-15-11-10-13-7-4-5-8-14(13)15/h4-5,7-8,15H,1-3,6,9-12,17H2,(H,18,19). The summed E-state index contributed by atoms with van der Waals surface area (Å²) in [4.78, 5) is 11.9. The van der Waals surface area contributed by atoms with E-state index in [0.29, 0.717) is 6.42 Å². The van der Waals surface area contributed by atoms with Crippen molar-refractivity contribution in [3.63, 3.8) is 0 Å². The predicted octanol–water partition coefficient (Wildman–Crippen LogP) is 2.70. The van der Waals surface area contributed by atoms with Crippen LogP contribution >= 0.6 is 0 Å². The molecule has 1 unspecified atom stereocenters. The van der Waals surface area contributed by atoms with E-state index >= 15 is 0 Å². The van der Waals surface area contributed by atoms with Crippen LogP contribution < -0.4 is 11.1 Å². The van der Waals surface area contributed by atoms with E-state index in [2.05, 4.69) is 29.6 Å². The molecule has 104 valence electrons. The maximum absolute atomic E-state index is 11.9. The number of nitrogens with one attached hydrogen (secondary N) is 1. The Balaban J connectivity index is 1.72. The molecule has 3 N–H and O–H groups in total. The van der Waals surface area contributed by atoms with E-state index in [-0.39, 0.29) is 11.9 Å². The molecule has 0 spiro atoms. The number of carbonyl (C=O) groups excluding carboxylic acids is 1. The molecule has 0 aliphatic heterocycles. The number of carbonyl (C=O) groups is 1. The summed E-state index contributed by atoms with van der Waals surface area (Å²) in [6.07, 6.45) is 7.04. The van der Waals surface area contributed by atoms with Crippen LogP contribution in [-0.4, -0.2) is 12.5 Å². The summed E-state index contributed by atoms with van der Waals surface area (Å²) >= 11 is 0. The number of benzene rings is 1. The van der Waals surface area contributed by atoms with Crippen LogP contribution in [0.2, 0.25) is 0 Å². The van der Waals surface area contributed by atoms with E-state index in [1.165, 1.54) is 11.1 Å². The molecule has 0 saturated heterocycles. The first-order chi connectivity index (χ1) is 9.31. The van der Waals surface area contributed by atoms with E-state index in [1.54, 1.807) is 0 Å². The van der Waals surface area contributed by atoms with Gasteiger partial charge in [-0.2, -0.15) is 0 Å². The molecule has 3 heteroatoms. The van der Waals surface area contributed by atoms with Crippen LogP contribution in [-0.2, 0) is 11.2 Å². The fourth-order valence-electron chi connectivity index (χ4n) is 2.76. The Morgan fingerprint density at radius 2 is 2.00 bits per heavy atom. The maximum Gasteiger partial charge on any atom is 0.220 e. The second-order valence-electron chi connectivity index (χ2n) is 5.31. The minimum absolute atomic E-state index is 0.189. The lowest BCUT2D eigenvalue weighted by Gasteiger charge is -2.14. The van der Waals surface area contributed by atoms with Crippen LogP contribution in [0, 0.1) is 0 Å². The molecule has 2 rings (SSSR count). The van der Waals surface area contributed by atoms with Crippen molar-refractivity contribution >= 4 is 5.91 Å². The predicted molar refractivity (Wildman–Crippen MR) is 77.8 cm³/mol. The van der Waals surface area contributed by atoms with Crippen molar-refractivity contribution in [2.75, 3.05) is 6.54 Å². The van der Waals surface area contributed by atoms with Gasteiger partial charge in [0.15, 0.2) is 0 Å². The molecular formula is C16H24N2O. The van der Waals surface area contributed by atoms with Gasteiger partial charge in [-0.05, 0) is 43.4 Å². The Labute approximate surface area is 115 Å². The molecule has 0 bridgehead atoms. The Kier molecular flexibility index (Phi) is 5.40. The quantitative estimate of drug-likeness (QED) is 0.741. The topological polar surface area (TPSA) is 55.1 Å². The van der Waals surface area contributed by atoms with Gasteiger partial charge in [-0.15, -0.1) is 0 Å². The average molecular weight is 260 g/mol. The third-order valence-corrected chi connectivity index (χ3v) is 3.83. The Morgan fingerprint density at radius 3 is 2.84 bits per heavy atom. The summed E-state index contributed by atoms with van der Waals surface area (Å²) < 4.78 is 0. The van der Waals surface area contributed by atoms with E-state index < -0.39 is 0 Å². The van der Waals surface area contributed by atoms with Gasteiger partial charge in [0.1, 0.15) is 0 Å². The third kappa shape index (κ3) is 4.06. The number of fused-ring (bicyclic) bond motifs is 1. The average Bonchev–Trinajstić information content (AvgIpc) is 2.82. The number of nitrogens with two attached hydrogens (primary N) is 1. The fourth-order valence-corrected chi connectivity index (χ4v) is 2.76. The Bertz CT molecular complexity index is 417. The normalized spacial score (nSPS) is 17.2. The molecular weight excluding hydrogens is 236 g/mol. The van der Waals surface area contributed by atoms with Crippen molar-refractivity contribution in [2.45, 2.75) is 51.0 Å². The summed E-state index contributed by atoms with van der Waals surface area (Å²) in [5.41, 5.74) is 8.13. The number of unbranched alkanes of at least 4 members (excludes halogenated alkanes) is 3. The first-order valence-electron chi connectivity index (χ1n) is 7.38. The summed E-state index contributed by atoms with van der Waals surface area (Å²) in [5.74, 6) is 0.189. The lowest BCUT2D eigenvalue weighted by Crippen LogP contribution is -2.26. The van der Waals surface area contributed by atoms with Gasteiger partial charge in [0.05, 0.1) is 6.04 Å². The van der Waals surface area contributed by atoms with Crippen LogP contribution in [0.25, 0.3) is 0 Å². The summed E-state index contributed by atoms with van der Waals surface area (Å²) in [6.45, 7) is 0.755. The van der Waals surface area contributed by atoms with Crippen LogP contribution in [0.5, 0.6) is 0 Å². The van der Waals surface area contributed by atoms with Crippen molar-refractivity contribution in [1.29, 1.82) is 0 Å². The van der Waals surface area contributed by atoms with E-state index in [4.69, 9.17) is 5.73 Å². The molecule has 1 atom stereocenters. The van der Waals surface area contributed by atoms with Crippen molar-refractivity contribution in [3.05, 3.63) is 35.4 Å². The molecule has 0 fully saturated rings. The zero-order valence-electron chi connectivity index (χ0n) is 11.5. The molecule has 1 amide bonds. The number of rotatable bonds is 7. The SMILES string of the molecule is NCCCCCCC(=O)NC1CCc2ccccc21. The van der Waals surface area contributed by atoms with Gasteiger partial charge in [-0.1, -0.05) is 37.1 Å². The van der Waals surface area contributed by atoms with Gasteiger partial charge < -0.3 is 11.1 Å². The monoisotopic (exact) mass is 260 g/mol. The van der Waals surface area contributed by atoms with E-state index in [9.17, 15) is 4.79 Å². The second kappa shape index (κ2) is 7.29. The maximum atomic E-state index is 11.9. The molecule has 1 aliphatic carbocycles. The molecule has 0 aromatic heterocycles. The second-order valence-corrected chi connectivity index (χ2v) is 5.31. The number of hydrogen-bond donors (Lipinski definition) is 2. The van der Waals surface area contributed by atoms with Crippen LogP contribution in [0.3, 0.4) is 0 Å². The zero-order chi connectivity index (χ0) is 13.5. The molecule has 1 aromatic carbocycles. The van der Waals surface area contributed by atoms with E-state index in [1.807, 2.05) is 0 Å². The lowest BCUT2D eigenvalue weighted by atomic mass is 10.1. The van der Waals surface area contributed by atoms with Gasteiger partial charge in [-0.3, -0.25) is 4.79 Å². The van der Waals surface area contributed by atoms with Crippen molar-refractivity contribution in [2.24, 2.45) is 5.73 Å². The van der Waals surface area contributed by atoms with Gasteiger partial charge in [0.2, 0.25) is 5.91 Å². The highest BCUT2D eigenvalue weighted by molar-refractivity contribution is 5.76. The van der Waals surface area contributed by atoms with Gasteiger partial charge >= 0.3 is 0 Å². The molecule has 0 saturated carbocycles. The fraction of sp³-hybridized carbons (Fsp3) is 0.562. The number of aryl methyl sites for hydroxylation is 1. The van der Waals surface area contributed by atoms with Crippen molar-refractivity contribution in [1.82, 2.24) is 5.32 Å². The third-order valence-electron chi connectivity index (χ3n) is 3.83. The van der Waals surface area contributed by atoms with Gasteiger partial charge in [0, 0.05) is 6.42 Å². The highest BCUT2D eigenvalue weighted by Crippen LogP contribution is 2.30. The Hall–Kier alpha value is -1.35. The minimum Gasteiger partial charge on any atom is -0.349 e. The highest BCUT2D eigenvalue weighted by Gasteiger charge is 2.22. The van der Waals surface area contributed by atoms with Crippen LogP contribution in [0.1, 0.15) is 55.7 Å². The minimum atomic E-state index is 0.189. The zero-order valence-corrected chi connectivity index (χ0v) is 11.5. The molecule has 0 radical (unpaired) electrons. The molecule has 19 heavy (non-hydrogen) atoms. The number of hydrogen-bond acceptors (Lipinski definition) is 2. The summed E-state index contributed by atoms with van der Waals surface area (Å²) in [7, 11) is 0. The largest absolute Gasteiger partial charge is 0.349 e. The Morgan fingerprint density at radius 1 is 1.21 bits per heavy atom. The van der Waals surface area contributed by atoms with E-state index in [0.717, 1.165) is 45.1 Å². The molecule has 3 nitrogen and oxygen atoms in total. The van der Waals surface area contributed by atoms with Crippen LogP contribution in [0.4, 0.5) is 0 Å². The highest BCUT2D eigenvalue weighted by atomic mass is 16.1. The van der Waals surface area contributed by atoms with Crippen LogP contribution in [0.15, 0.2) is 24.3 Å². The summed E-state index contributed by atoms with van der Waals surface area (Å²) in [6, 6.07) is 8.65. The lowest BCUT2D eigenvalue weighted by molar-refractivity contribution is -0.121. The van der Waals surface area contributed by atoms with Gasteiger partial charge in [0.25, 0.3) is 0 Å². The molecule has 1 aromatic rings. The van der Waals surface area contributed by atoms with Crippen molar-refractivity contribution in [3.8, 4) is 0 Å². The summed E-state index contributed by atoms with van der Waals surface area (Å²) in [5, 5.41) is 3.16. The van der Waals surface area contributed by atoms with Crippen molar-refractivity contribution < 1.29 is 4.79 Å².